The second kappa shape index (κ2) is 7.62. The minimum atomic E-state index is -0.587. The van der Waals surface area contributed by atoms with Crippen LogP contribution in [0.25, 0.3) is 11.0 Å². The van der Waals surface area contributed by atoms with E-state index in [0.717, 1.165) is 5.56 Å². The molecule has 0 aliphatic heterocycles. The van der Waals surface area contributed by atoms with Crippen LogP contribution in [-0.2, 0) is 6.54 Å². The van der Waals surface area contributed by atoms with Crippen molar-refractivity contribution in [3.63, 3.8) is 0 Å². The number of ether oxygens (including phenoxy) is 1. The van der Waals surface area contributed by atoms with Crippen LogP contribution < -0.4 is 15.7 Å². The van der Waals surface area contributed by atoms with Gasteiger partial charge in [-0.1, -0.05) is 23.7 Å². The molecule has 0 radical (unpaired) electrons. The molecule has 0 bridgehead atoms. The van der Waals surface area contributed by atoms with Crippen molar-refractivity contribution < 1.29 is 13.9 Å². The van der Waals surface area contributed by atoms with E-state index in [1.54, 1.807) is 30.3 Å². The summed E-state index contributed by atoms with van der Waals surface area (Å²) in [5, 5.41) is 3.99. The van der Waals surface area contributed by atoms with Crippen LogP contribution in [-0.4, -0.2) is 12.0 Å². The van der Waals surface area contributed by atoms with Gasteiger partial charge in [0.1, 0.15) is 11.3 Å². The van der Waals surface area contributed by atoms with Gasteiger partial charge in [0, 0.05) is 29.1 Å². The van der Waals surface area contributed by atoms with Crippen molar-refractivity contribution in [2.45, 2.75) is 26.5 Å². The predicted octanol–water partition coefficient (Wildman–Crippen LogP) is 4.16. The van der Waals surface area contributed by atoms with Crippen LogP contribution in [0.2, 0.25) is 5.02 Å². The second-order valence-corrected chi connectivity index (χ2v) is 6.55. The van der Waals surface area contributed by atoms with Crippen LogP contribution >= 0.6 is 11.6 Å². The Morgan fingerprint density at radius 3 is 2.58 bits per heavy atom. The average Bonchev–Trinajstić information content (AvgIpc) is 2.59. The number of amides is 1. The molecule has 0 saturated heterocycles. The van der Waals surface area contributed by atoms with Gasteiger partial charge in [0.05, 0.1) is 11.7 Å². The standard InChI is InChI=1S/C20H18ClNO4/c1-12(2)25-15-7-8-16-17(10-19(23)26-18(16)9-15)20(24)22-11-13-3-5-14(21)6-4-13/h3-10,12H,11H2,1-2H3,(H,22,24). The molecule has 0 atom stereocenters. The summed E-state index contributed by atoms with van der Waals surface area (Å²) in [4.78, 5) is 24.4. The number of carbonyl (C=O) groups excluding carboxylic acids is 1. The van der Waals surface area contributed by atoms with Gasteiger partial charge in [-0.3, -0.25) is 4.79 Å². The lowest BCUT2D eigenvalue weighted by molar-refractivity contribution is 0.0952. The largest absolute Gasteiger partial charge is 0.491 e. The molecule has 1 amide bonds. The zero-order valence-corrected chi connectivity index (χ0v) is 15.2. The van der Waals surface area contributed by atoms with Crippen molar-refractivity contribution in [2.24, 2.45) is 0 Å². The second-order valence-electron chi connectivity index (χ2n) is 6.11. The number of hydrogen-bond acceptors (Lipinski definition) is 4. The van der Waals surface area contributed by atoms with Gasteiger partial charge in [-0.2, -0.15) is 0 Å². The molecule has 0 fully saturated rings. The number of hydrogen-bond donors (Lipinski definition) is 1. The van der Waals surface area contributed by atoms with Crippen molar-refractivity contribution in [1.29, 1.82) is 0 Å². The average molecular weight is 372 g/mol. The van der Waals surface area contributed by atoms with Crippen molar-refractivity contribution in [1.82, 2.24) is 5.32 Å². The first-order valence-corrected chi connectivity index (χ1v) is 8.57. The first kappa shape index (κ1) is 18.0. The van der Waals surface area contributed by atoms with Crippen LogP contribution in [0.5, 0.6) is 5.75 Å². The highest BCUT2D eigenvalue weighted by Gasteiger charge is 2.14. The number of benzene rings is 2. The summed E-state index contributed by atoms with van der Waals surface area (Å²) >= 11 is 5.85. The molecule has 3 rings (SSSR count). The molecule has 5 nitrogen and oxygen atoms in total. The van der Waals surface area contributed by atoms with E-state index >= 15 is 0 Å². The normalized spacial score (nSPS) is 10.9. The van der Waals surface area contributed by atoms with Gasteiger partial charge in [-0.25, -0.2) is 4.79 Å². The number of rotatable bonds is 5. The third kappa shape index (κ3) is 4.24. The summed E-state index contributed by atoms with van der Waals surface area (Å²) in [6.45, 7) is 4.13. The summed E-state index contributed by atoms with van der Waals surface area (Å²) in [7, 11) is 0. The quantitative estimate of drug-likeness (QED) is 0.683. The number of nitrogens with one attached hydrogen (secondary N) is 1. The molecule has 0 unspecified atom stereocenters. The molecule has 0 spiro atoms. The van der Waals surface area contributed by atoms with Crippen LogP contribution in [0.15, 0.2) is 57.7 Å². The maximum Gasteiger partial charge on any atom is 0.337 e. The number of halogens is 1. The lowest BCUT2D eigenvalue weighted by atomic mass is 10.1. The van der Waals surface area contributed by atoms with Crippen LogP contribution in [0, 0.1) is 0 Å². The van der Waals surface area contributed by atoms with Crippen molar-refractivity contribution in [3.8, 4) is 5.75 Å². The molecule has 1 aromatic heterocycles. The maximum absolute atomic E-state index is 12.6. The lowest BCUT2D eigenvalue weighted by Crippen LogP contribution is -2.24. The van der Waals surface area contributed by atoms with Crippen LogP contribution in [0.3, 0.4) is 0 Å². The van der Waals surface area contributed by atoms with Gasteiger partial charge in [0.2, 0.25) is 0 Å². The third-order valence-corrected chi connectivity index (χ3v) is 3.95. The fourth-order valence-corrected chi connectivity index (χ4v) is 2.68. The van der Waals surface area contributed by atoms with Crippen LogP contribution in [0.4, 0.5) is 0 Å². The Balaban J connectivity index is 1.87. The van der Waals surface area contributed by atoms with Gasteiger partial charge in [0.25, 0.3) is 5.91 Å². The van der Waals surface area contributed by atoms with Gasteiger partial charge in [0.15, 0.2) is 0 Å². The zero-order valence-electron chi connectivity index (χ0n) is 14.4. The lowest BCUT2D eigenvalue weighted by Gasteiger charge is -2.11. The Kier molecular flexibility index (Phi) is 5.28. The van der Waals surface area contributed by atoms with E-state index in [1.807, 2.05) is 26.0 Å². The topological polar surface area (TPSA) is 68.5 Å². The smallest absolute Gasteiger partial charge is 0.337 e. The molecular formula is C20H18ClNO4. The van der Waals surface area contributed by atoms with E-state index in [-0.39, 0.29) is 17.6 Å². The maximum atomic E-state index is 12.6. The van der Waals surface area contributed by atoms with Gasteiger partial charge >= 0.3 is 5.63 Å². The van der Waals surface area contributed by atoms with Crippen molar-refractivity contribution in [3.05, 3.63) is 75.1 Å². The molecule has 26 heavy (non-hydrogen) atoms. The molecule has 0 aliphatic carbocycles. The minimum absolute atomic E-state index is 0.00923. The van der Waals surface area contributed by atoms with Gasteiger partial charge in [-0.05, 0) is 43.7 Å². The van der Waals surface area contributed by atoms with Crippen LogP contribution in [0.1, 0.15) is 29.8 Å². The molecular weight excluding hydrogens is 354 g/mol. The Hall–Kier alpha value is -2.79. The van der Waals surface area contributed by atoms with Crippen molar-refractivity contribution >= 4 is 28.5 Å². The van der Waals surface area contributed by atoms with E-state index in [4.69, 9.17) is 20.8 Å². The SMILES string of the molecule is CC(C)Oc1ccc2c(C(=O)NCc3ccc(Cl)cc3)cc(=O)oc2c1. The van der Waals surface area contributed by atoms with Gasteiger partial charge in [-0.15, -0.1) is 0 Å². The van der Waals surface area contributed by atoms with E-state index < -0.39 is 5.63 Å². The first-order chi connectivity index (χ1) is 12.4. The monoisotopic (exact) mass is 371 g/mol. The highest BCUT2D eigenvalue weighted by molar-refractivity contribution is 6.30. The third-order valence-electron chi connectivity index (χ3n) is 3.70. The van der Waals surface area contributed by atoms with E-state index in [0.29, 0.717) is 28.3 Å². The summed E-state index contributed by atoms with van der Waals surface area (Å²) in [6, 6.07) is 13.4. The molecule has 0 saturated carbocycles. The van der Waals surface area contributed by atoms with Gasteiger partial charge < -0.3 is 14.5 Å². The molecule has 0 aliphatic rings. The fourth-order valence-electron chi connectivity index (χ4n) is 2.56. The Morgan fingerprint density at radius 2 is 1.88 bits per heavy atom. The van der Waals surface area contributed by atoms with Crippen molar-refractivity contribution in [2.75, 3.05) is 0 Å². The molecule has 134 valence electrons. The molecule has 6 heteroatoms. The number of fused-ring (bicyclic) bond motifs is 1. The van der Waals surface area contributed by atoms with E-state index in [2.05, 4.69) is 5.32 Å². The summed E-state index contributed by atoms with van der Waals surface area (Å²) < 4.78 is 10.8. The molecule has 1 N–H and O–H groups in total. The highest BCUT2D eigenvalue weighted by atomic mass is 35.5. The Morgan fingerprint density at radius 1 is 1.15 bits per heavy atom. The fraction of sp³-hybridized carbons (Fsp3) is 0.200. The summed E-state index contributed by atoms with van der Waals surface area (Å²) in [6.07, 6.45) is -0.00923. The Bertz CT molecular complexity index is 993. The molecule has 3 aromatic rings. The number of carbonyl (C=O) groups is 1. The zero-order chi connectivity index (χ0) is 18.7. The first-order valence-electron chi connectivity index (χ1n) is 8.19. The van der Waals surface area contributed by atoms with E-state index in [1.165, 1.54) is 6.07 Å². The summed E-state index contributed by atoms with van der Waals surface area (Å²) in [5.41, 5.74) is 0.895. The molecule has 2 aromatic carbocycles. The Labute approximate surface area is 155 Å². The molecule has 1 heterocycles. The minimum Gasteiger partial charge on any atom is -0.491 e. The summed E-state index contributed by atoms with van der Waals surface area (Å²) in [5.74, 6) is 0.227. The predicted molar refractivity (Wildman–Crippen MR) is 101 cm³/mol. The van der Waals surface area contributed by atoms with E-state index in [9.17, 15) is 9.59 Å². The highest BCUT2D eigenvalue weighted by Crippen LogP contribution is 2.23.